The minimum absolute atomic E-state index is 0.0121. The van der Waals surface area contributed by atoms with E-state index in [1.54, 1.807) is 87.5 Å². The molecule has 710 valence electrons. The van der Waals surface area contributed by atoms with Gasteiger partial charge in [-0.2, -0.15) is 0 Å². The zero-order valence-electron chi connectivity index (χ0n) is 76.3. The number of carbonyl (C=O) groups is 15. The smallest absolute Gasteiger partial charge is 0.255 e. The van der Waals surface area contributed by atoms with Crippen molar-refractivity contribution < 1.29 is 76.3 Å². The van der Waals surface area contributed by atoms with Gasteiger partial charge in [-0.15, -0.1) is 12.3 Å². The van der Waals surface area contributed by atoms with Gasteiger partial charge in [0, 0.05) is 137 Å². The highest BCUT2D eigenvalue weighted by atomic mass is 79.9. The lowest BCUT2D eigenvalue weighted by atomic mass is 9.55. The first-order valence-electron chi connectivity index (χ1n) is 47.2. The minimum atomic E-state index is -1.35. The maximum absolute atomic E-state index is 16.3. The van der Waals surface area contributed by atoms with E-state index in [2.05, 4.69) is 90.8 Å². The number of ketones is 1. The molecule has 4 unspecified atom stereocenters. The Labute approximate surface area is 808 Å². The van der Waals surface area contributed by atoms with E-state index in [1.807, 2.05) is 48.5 Å². The molecule has 18 rings (SSSR count). The third kappa shape index (κ3) is 21.5. The van der Waals surface area contributed by atoms with Crippen LogP contribution in [-0.4, -0.2) is 150 Å². The maximum atomic E-state index is 16.3. The van der Waals surface area contributed by atoms with Crippen molar-refractivity contribution in [1.82, 2.24) is 46.2 Å². The van der Waals surface area contributed by atoms with Crippen molar-refractivity contribution in [3.63, 3.8) is 0 Å². The molecular weight excluding hydrogens is 1840 g/mol. The summed E-state index contributed by atoms with van der Waals surface area (Å²) >= 11 is 16.2. The summed E-state index contributed by atoms with van der Waals surface area (Å²) in [5.74, 6) is 3.21. The van der Waals surface area contributed by atoms with Crippen molar-refractivity contribution in [2.45, 2.75) is 273 Å². The molecule has 31 heteroatoms. The van der Waals surface area contributed by atoms with Crippen LogP contribution in [0.1, 0.15) is 295 Å². The van der Waals surface area contributed by atoms with E-state index in [0.29, 0.717) is 134 Å². The van der Waals surface area contributed by atoms with Gasteiger partial charge in [0.1, 0.15) is 35.4 Å². The summed E-state index contributed by atoms with van der Waals surface area (Å²) in [6.45, 7) is 6.54. The largest absolute Gasteiger partial charge is 0.330 e. The summed E-state index contributed by atoms with van der Waals surface area (Å²) in [5, 5.41) is 19.3. The number of hydrogen-bond donors (Lipinski definition) is 8. The molecule has 0 radical (unpaired) electrons. The van der Waals surface area contributed by atoms with Crippen LogP contribution in [-0.2, 0) is 92.4 Å². The molecule has 14 amide bonds. The number of aryl methyl sites for hydroxylation is 2. The molecule has 7 atom stereocenters. The average Bonchev–Trinajstić information content (AvgIpc) is 1.50. The van der Waals surface area contributed by atoms with E-state index in [4.69, 9.17) is 35.4 Å². The van der Waals surface area contributed by atoms with E-state index < -0.39 is 64.7 Å². The predicted molar refractivity (Wildman–Crippen MR) is 514 cm³/mol. The van der Waals surface area contributed by atoms with Crippen molar-refractivity contribution in [3.8, 4) is 24.2 Å². The molecule has 2 spiro atoms. The number of Topliss-reactive ketones (excluding diaryl/α,β-unsaturated/α-hetero) is 1. The van der Waals surface area contributed by atoms with Gasteiger partial charge in [-0.25, -0.2) is 4.39 Å². The second-order valence-corrected chi connectivity index (χ2v) is 37.8. The first-order valence-corrected chi connectivity index (χ1v) is 48.8. The van der Waals surface area contributed by atoms with Gasteiger partial charge < -0.3 is 36.0 Å². The van der Waals surface area contributed by atoms with Gasteiger partial charge in [0.2, 0.25) is 59.1 Å². The molecule has 1 aliphatic carbocycles. The number of piperidine rings is 4. The fraction of sp³-hybridized carbons (Fsp3) is 0.419. The summed E-state index contributed by atoms with van der Waals surface area (Å²) in [5.41, 5.74) is 15.1. The number of terminal acetylenes is 1. The zero-order valence-corrected chi connectivity index (χ0v) is 79.4. The maximum Gasteiger partial charge on any atom is 0.255 e. The third-order valence-electron chi connectivity index (χ3n) is 27.5. The Kier molecular flexibility index (Phi) is 33.0. The van der Waals surface area contributed by atoms with Crippen molar-refractivity contribution >= 4 is 139 Å². The highest BCUT2D eigenvalue weighted by Crippen LogP contribution is 2.63. The summed E-state index contributed by atoms with van der Waals surface area (Å²) in [4.78, 5) is 193. The Hall–Kier alpha value is -12.4. The quantitative estimate of drug-likeness (QED) is 0.0121. The van der Waals surface area contributed by atoms with Gasteiger partial charge >= 0.3 is 0 Å². The number of fused-ring (bicyclic) bond motifs is 7. The predicted octanol–water partition coefficient (Wildman–Crippen LogP) is 14.7. The van der Waals surface area contributed by atoms with Crippen LogP contribution in [0.2, 0.25) is 10.0 Å². The number of nitrogens with zero attached hydrogens (tertiary/aromatic N) is 4. The number of nitrogens with two attached hydrogens (primary N) is 1. The number of anilines is 2. The van der Waals surface area contributed by atoms with Crippen LogP contribution < -0.4 is 43.0 Å². The molecule has 27 nitrogen and oxygen atoms in total. The molecule has 0 aromatic heterocycles. The van der Waals surface area contributed by atoms with Gasteiger partial charge in [-0.3, -0.25) is 98.5 Å². The van der Waals surface area contributed by atoms with Crippen LogP contribution in [0.4, 0.5) is 15.8 Å². The number of imide groups is 4. The summed E-state index contributed by atoms with van der Waals surface area (Å²) in [7, 11) is 0. The van der Waals surface area contributed by atoms with Crippen LogP contribution in [0.15, 0.2) is 138 Å². The Morgan fingerprint density at radius 2 is 0.985 bits per heavy atom. The molecule has 11 aliphatic rings. The van der Waals surface area contributed by atoms with Gasteiger partial charge in [0.25, 0.3) is 23.6 Å². The van der Waals surface area contributed by atoms with Crippen molar-refractivity contribution in [3.05, 3.63) is 232 Å². The fourth-order valence-corrected chi connectivity index (χ4v) is 21.5. The molecule has 0 bridgehead atoms. The van der Waals surface area contributed by atoms with Crippen molar-refractivity contribution in [2.75, 3.05) is 17.2 Å². The van der Waals surface area contributed by atoms with Crippen LogP contribution in [0, 0.1) is 30.0 Å². The Morgan fingerprint density at radius 3 is 1.48 bits per heavy atom. The standard InChI is InChI=1S/C49H48Cl2FN5O6.C19H20N2O3.C18H23N3O3.C13H11BrN2O3.C6H10/c50-30-18-21-35-37(26-30)54-47(63)49(35)41(33-13-9-14-36(51)42(33)52)43(56-48(49)24-6-3-7-25-48)45(61)53-31-19-16-29(17-20-31)39(58)15-5-2-1-4-10-28-11-8-12-32-34(28)27-57(46(32)62)38-22-23-40(59)55-44(38)60;1-2-3-4-5-7-13-8-6-9-14-15(13)12-21(19(14)24)16-10-11-17(22)20-18(16)23;19-10-3-1-2-5-12-6-4-7-13-14(12)11-21(18(13)24)15-8-9-16(22)20-17(15)23;14-9-3-1-2-7-8(9)6-16(13(7)19)10-4-5-11(17)15-12(10)18;1-3-5-6-4-2/h8-9,11-14,16-21,26,38,41,43,56H,1-7,10,15,22-25,27H2,(H,53,61)(H,54,63)(H,55,59,60);6,8-9,16H,2-4,10-12H2,1H3,(H,20,22,23);4,6-7,15H,1-3,5,8-11,19H2,(H,20,22,23);1-3,10H,4-6H2,(H,15,17,18);1H,4-6H2,2H3/t38?,41-,43+,49+;;;;/m0..../s1. The monoisotopic (exact) mass is 1950 g/mol. The molecule has 6 fully saturated rings. The van der Waals surface area contributed by atoms with Crippen LogP contribution in [0.25, 0.3) is 0 Å². The lowest BCUT2D eigenvalue weighted by Gasteiger charge is -2.47. The normalized spacial score (nSPS) is 21.4. The van der Waals surface area contributed by atoms with Gasteiger partial charge in [0.15, 0.2) is 5.78 Å². The minimum Gasteiger partial charge on any atom is -0.330 e. The number of amides is 14. The molecule has 9 N–H and O–H groups in total. The number of unbranched alkanes of at least 4 members (excludes halogenated alkanes) is 9. The second-order valence-electron chi connectivity index (χ2n) is 36.1. The Balaban J connectivity index is 0.000000164. The molecule has 1 saturated carbocycles. The SMILES string of the molecule is C#CCCCC.CCCCC#Cc1cccc2c1CN(C1CCC(=O)NC1=O)C2=O.NCCCCCc1cccc2c1CN(C1CCC(=O)NC1=O)C2=O.O=C1CCC(N2Cc3c(Br)cccc3C2=O)C(=O)N1.O=C1CCC(N2Cc3c(CCCCCCC(=O)c4ccc(NC(=O)[C@@H]5NC6(CCCCC6)[C@@]6(C(=O)Nc7cc(Cl)ccc76)[C@H]5c5cccc(Cl)c5F)cc4)cccc3C2=O)C(=O)N1. The molecule has 7 aromatic carbocycles. The highest BCUT2D eigenvalue weighted by Gasteiger charge is 2.72. The van der Waals surface area contributed by atoms with Crippen molar-refractivity contribution in [1.29, 1.82) is 0 Å². The molecule has 136 heavy (non-hydrogen) atoms. The number of benzene rings is 7. The summed E-state index contributed by atoms with van der Waals surface area (Å²) in [6.07, 6.45) is 26.1. The molecule has 5 saturated heterocycles. The molecule has 7 aromatic rings. The summed E-state index contributed by atoms with van der Waals surface area (Å²) < 4.78 is 17.1. The zero-order chi connectivity index (χ0) is 96.6. The van der Waals surface area contributed by atoms with Gasteiger partial charge in [0.05, 0.1) is 11.1 Å². The second kappa shape index (κ2) is 45.1. The van der Waals surface area contributed by atoms with E-state index in [1.165, 1.54) is 29.4 Å². The van der Waals surface area contributed by atoms with Crippen LogP contribution in [0.3, 0.4) is 0 Å². The van der Waals surface area contributed by atoms with Crippen LogP contribution in [0.5, 0.6) is 0 Å². The molecule has 10 heterocycles. The van der Waals surface area contributed by atoms with E-state index in [-0.39, 0.29) is 113 Å². The number of halogens is 4. The summed E-state index contributed by atoms with van der Waals surface area (Å²) in [6, 6.07) is 35.8. The van der Waals surface area contributed by atoms with E-state index >= 15 is 4.39 Å². The topological polar surface area (TPSA) is 379 Å². The number of carbonyl (C=O) groups excluding carboxylic acids is 15. The Morgan fingerprint density at radius 1 is 0.522 bits per heavy atom. The van der Waals surface area contributed by atoms with E-state index in [0.717, 1.165) is 134 Å². The highest BCUT2D eigenvalue weighted by molar-refractivity contribution is 9.10. The van der Waals surface area contributed by atoms with Crippen LogP contribution >= 0.6 is 39.1 Å². The van der Waals surface area contributed by atoms with Gasteiger partial charge in [-0.05, 0) is 220 Å². The molecular formula is C105H112BrCl2FN12O15. The number of rotatable bonds is 24. The molecule has 10 aliphatic heterocycles. The van der Waals surface area contributed by atoms with E-state index in [9.17, 15) is 71.9 Å². The number of hydrogen-bond acceptors (Lipinski definition) is 17. The third-order valence-corrected chi connectivity index (χ3v) is 28.8. The first kappa shape index (κ1) is 99.6. The fourth-order valence-electron chi connectivity index (χ4n) is 20.6. The Bertz CT molecular complexity index is 6000. The average molecular weight is 1950 g/mol. The van der Waals surface area contributed by atoms with Crippen molar-refractivity contribution in [2.24, 2.45) is 5.73 Å². The van der Waals surface area contributed by atoms with Gasteiger partial charge in [-0.1, -0.05) is 171 Å². The lowest BCUT2D eigenvalue weighted by molar-refractivity contribution is -0.138. The lowest BCUT2D eigenvalue weighted by Crippen LogP contribution is -2.60. The number of nitrogens with one attached hydrogen (secondary N) is 7. The first-order chi connectivity index (χ1) is 65.6.